The number of hydrogen-bond acceptors (Lipinski definition) is 3. The summed E-state index contributed by atoms with van der Waals surface area (Å²) in [6.45, 7) is 0.866. The van der Waals surface area contributed by atoms with Gasteiger partial charge in [0.05, 0.1) is 6.61 Å². The molecule has 0 fully saturated rings. The van der Waals surface area contributed by atoms with Gasteiger partial charge in [-0.3, -0.25) is 0 Å². The van der Waals surface area contributed by atoms with Gasteiger partial charge >= 0.3 is 6.18 Å². The van der Waals surface area contributed by atoms with E-state index in [1.807, 2.05) is 25.1 Å². The number of para-hydroxylation sites is 1. The molecule has 0 aromatic heterocycles. The summed E-state index contributed by atoms with van der Waals surface area (Å²) in [7, 11) is 0. The first-order valence-corrected chi connectivity index (χ1v) is 5.50. The number of rotatable bonds is 6. The van der Waals surface area contributed by atoms with Crippen LogP contribution in [0.5, 0.6) is 5.75 Å². The van der Waals surface area contributed by atoms with Crippen LogP contribution in [0.2, 0.25) is 0 Å². The van der Waals surface area contributed by atoms with E-state index in [1.165, 1.54) is 0 Å². The summed E-state index contributed by atoms with van der Waals surface area (Å²) in [4.78, 5) is 0. The summed E-state index contributed by atoms with van der Waals surface area (Å²) in [5, 5.41) is 0. The van der Waals surface area contributed by atoms with E-state index in [-0.39, 0.29) is 13.2 Å². The third-order valence-electron chi connectivity index (χ3n) is 2.25. The van der Waals surface area contributed by atoms with E-state index in [2.05, 4.69) is 4.74 Å². The molecule has 1 rings (SSSR count). The van der Waals surface area contributed by atoms with Gasteiger partial charge in [-0.05, 0) is 12.5 Å². The van der Waals surface area contributed by atoms with Crippen LogP contribution in [0.15, 0.2) is 18.2 Å². The lowest BCUT2D eigenvalue weighted by atomic mass is 10.1. The predicted octanol–water partition coefficient (Wildman–Crippen LogP) is 2.41. The van der Waals surface area contributed by atoms with E-state index >= 15 is 0 Å². The van der Waals surface area contributed by atoms with E-state index in [4.69, 9.17) is 10.5 Å². The molecule has 0 amide bonds. The molecule has 6 heteroatoms. The van der Waals surface area contributed by atoms with E-state index < -0.39 is 12.8 Å². The normalized spacial score (nSPS) is 11.6. The number of nitrogens with two attached hydrogens (primary N) is 1. The average Bonchev–Trinajstić information content (AvgIpc) is 2.29. The van der Waals surface area contributed by atoms with Gasteiger partial charge in [-0.25, -0.2) is 0 Å². The van der Waals surface area contributed by atoms with Gasteiger partial charge in [0.1, 0.15) is 19.0 Å². The highest BCUT2D eigenvalue weighted by atomic mass is 19.4. The minimum atomic E-state index is -4.30. The first-order chi connectivity index (χ1) is 8.44. The average molecular weight is 263 g/mol. The second kappa shape index (κ2) is 6.61. The molecule has 1 aromatic rings. The molecule has 18 heavy (non-hydrogen) atoms. The van der Waals surface area contributed by atoms with Crippen molar-refractivity contribution in [1.29, 1.82) is 0 Å². The van der Waals surface area contributed by atoms with Crippen LogP contribution in [0.4, 0.5) is 13.2 Å². The van der Waals surface area contributed by atoms with E-state index in [9.17, 15) is 13.2 Å². The van der Waals surface area contributed by atoms with Crippen molar-refractivity contribution in [3.63, 3.8) is 0 Å². The van der Waals surface area contributed by atoms with Crippen LogP contribution < -0.4 is 10.5 Å². The van der Waals surface area contributed by atoms with Crippen molar-refractivity contribution in [1.82, 2.24) is 0 Å². The maximum Gasteiger partial charge on any atom is 0.411 e. The number of aryl methyl sites for hydroxylation is 1. The van der Waals surface area contributed by atoms with Gasteiger partial charge in [-0.15, -0.1) is 0 Å². The molecule has 0 aliphatic carbocycles. The number of halogens is 3. The fourth-order valence-electron chi connectivity index (χ4n) is 1.47. The van der Waals surface area contributed by atoms with Crippen LogP contribution in [-0.2, 0) is 11.3 Å². The van der Waals surface area contributed by atoms with Crippen LogP contribution in [0.3, 0.4) is 0 Å². The lowest BCUT2D eigenvalue weighted by Gasteiger charge is -2.13. The third kappa shape index (κ3) is 4.93. The van der Waals surface area contributed by atoms with Crippen molar-refractivity contribution in [2.75, 3.05) is 19.8 Å². The van der Waals surface area contributed by atoms with Crippen molar-refractivity contribution in [2.24, 2.45) is 5.73 Å². The fraction of sp³-hybridized carbons (Fsp3) is 0.500. The molecule has 0 saturated heterocycles. The van der Waals surface area contributed by atoms with Gasteiger partial charge in [0.25, 0.3) is 0 Å². The Bertz CT molecular complexity index is 380. The summed E-state index contributed by atoms with van der Waals surface area (Å²) in [6, 6.07) is 5.52. The Labute approximate surface area is 104 Å². The Balaban J connectivity index is 2.40. The van der Waals surface area contributed by atoms with Crippen LogP contribution in [0, 0.1) is 6.92 Å². The van der Waals surface area contributed by atoms with Gasteiger partial charge in [0, 0.05) is 12.1 Å². The Kier molecular flexibility index (Phi) is 5.43. The maximum absolute atomic E-state index is 11.8. The smallest absolute Gasteiger partial charge is 0.411 e. The Morgan fingerprint density at radius 1 is 1.22 bits per heavy atom. The number of alkyl halides is 3. The summed E-state index contributed by atoms with van der Waals surface area (Å²) >= 11 is 0. The van der Waals surface area contributed by atoms with Crippen LogP contribution in [-0.4, -0.2) is 26.0 Å². The van der Waals surface area contributed by atoms with E-state index in [0.717, 1.165) is 11.1 Å². The minimum Gasteiger partial charge on any atom is -0.491 e. The summed E-state index contributed by atoms with van der Waals surface area (Å²) in [5.41, 5.74) is 7.27. The topological polar surface area (TPSA) is 44.5 Å². The third-order valence-corrected chi connectivity index (χ3v) is 2.25. The van der Waals surface area contributed by atoms with Crippen LogP contribution >= 0.6 is 0 Å². The van der Waals surface area contributed by atoms with Crippen LogP contribution in [0.1, 0.15) is 11.1 Å². The van der Waals surface area contributed by atoms with Crippen LogP contribution in [0.25, 0.3) is 0 Å². The fourth-order valence-corrected chi connectivity index (χ4v) is 1.47. The molecule has 0 atom stereocenters. The van der Waals surface area contributed by atoms with Crippen molar-refractivity contribution in [2.45, 2.75) is 19.6 Å². The highest BCUT2D eigenvalue weighted by Gasteiger charge is 2.27. The van der Waals surface area contributed by atoms with Crippen molar-refractivity contribution < 1.29 is 22.6 Å². The Hall–Kier alpha value is -1.27. The standard InChI is InChI=1S/C12H16F3NO2/c1-9-3-2-4-10(7-16)11(9)18-6-5-17-8-12(13,14)15/h2-4H,5-8,16H2,1H3. The molecule has 0 radical (unpaired) electrons. The molecule has 0 saturated carbocycles. The zero-order valence-electron chi connectivity index (χ0n) is 10.1. The molecule has 0 heterocycles. The van der Waals surface area contributed by atoms with E-state index in [1.54, 1.807) is 0 Å². The predicted molar refractivity (Wildman–Crippen MR) is 61.4 cm³/mol. The number of benzene rings is 1. The Morgan fingerprint density at radius 2 is 1.94 bits per heavy atom. The molecule has 3 nitrogen and oxygen atoms in total. The molecule has 0 spiro atoms. The zero-order valence-corrected chi connectivity index (χ0v) is 10.1. The van der Waals surface area contributed by atoms with Crippen molar-refractivity contribution >= 4 is 0 Å². The summed E-state index contributed by atoms with van der Waals surface area (Å²) < 4.78 is 45.3. The second-order valence-electron chi connectivity index (χ2n) is 3.78. The zero-order chi connectivity index (χ0) is 13.6. The van der Waals surface area contributed by atoms with Gasteiger partial charge in [-0.2, -0.15) is 13.2 Å². The minimum absolute atomic E-state index is 0.0634. The van der Waals surface area contributed by atoms with Gasteiger partial charge in [-0.1, -0.05) is 18.2 Å². The first kappa shape index (κ1) is 14.8. The molecule has 102 valence electrons. The van der Waals surface area contributed by atoms with Crippen molar-refractivity contribution in [3.8, 4) is 5.75 Å². The van der Waals surface area contributed by atoms with E-state index in [0.29, 0.717) is 12.3 Å². The maximum atomic E-state index is 11.8. The molecule has 2 N–H and O–H groups in total. The molecule has 0 aliphatic heterocycles. The van der Waals surface area contributed by atoms with Gasteiger partial charge in [0.2, 0.25) is 0 Å². The lowest BCUT2D eigenvalue weighted by Crippen LogP contribution is -2.19. The number of ether oxygens (including phenoxy) is 2. The van der Waals surface area contributed by atoms with Gasteiger partial charge < -0.3 is 15.2 Å². The molecule has 0 bridgehead atoms. The highest BCUT2D eigenvalue weighted by molar-refractivity contribution is 5.40. The monoisotopic (exact) mass is 263 g/mol. The SMILES string of the molecule is Cc1cccc(CN)c1OCCOCC(F)(F)F. The summed E-state index contributed by atoms with van der Waals surface area (Å²) in [6.07, 6.45) is -4.30. The highest BCUT2D eigenvalue weighted by Crippen LogP contribution is 2.22. The Morgan fingerprint density at radius 3 is 2.56 bits per heavy atom. The first-order valence-electron chi connectivity index (χ1n) is 5.50. The molecular weight excluding hydrogens is 247 g/mol. The number of hydrogen-bond donors (Lipinski definition) is 1. The van der Waals surface area contributed by atoms with Crippen molar-refractivity contribution in [3.05, 3.63) is 29.3 Å². The molecule has 0 unspecified atom stereocenters. The molecular formula is C12H16F3NO2. The molecule has 1 aromatic carbocycles. The lowest BCUT2D eigenvalue weighted by molar-refractivity contribution is -0.175. The largest absolute Gasteiger partial charge is 0.491 e. The summed E-state index contributed by atoms with van der Waals surface area (Å²) in [5.74, 6) is 0.621. The van der Waals surface area contributed by atoms with Gasteiger partial charge in [0.15, 0.2) is 0 Å². The quantitative estimate of drug-likeness (QED) is 0.802. The second-order valence-corrected chi connectivity index (χ2v) is 3.78. The molecule has 0 aliphatic rings.